The van der Waals surface area contributed by atoms with E-state index in [-0.39, 0.29) is 12.4 Å². The smallest absolute Gasteiger partial charge is 0.327 e. The highest BCUT2D eigenvalue weighted by molar-refractivity contribution is 5.79. The maximum absolute atomic E-state index is 10.9. The molecule has 0 fully saturated rings. The lowest BCUT2D eigenvalue weighted by molar-refractivity contribution is -0.138. The molecule has 2 N–H and O–H groups in total. The van der Waals surface area contributed by atoms with E-state index < -0.39 is 11.9 Å². The highest BCUT2D eigenvalue weighted by Crippen LogP contribution is 2.22. The van der Waals surface area contributed by atoms with Gasteiger partial charge in [0.1, 0.15) is 0 Å². The fourth-order valence-corrected chi connectivity index (χ4v) is 1.52. The summed E-state index contributed by atoms with van der Waals surface area (Å²) in [5.74, 6) is -1.89. The molecule has 0 spiro atoms. The number of rotatable bonds is 9. The molecule has 6 heteroatoms. The number of hydrogen-bond acceptors (Lipinski definition) is 4. The van der Waals surface area contributed by atoms with Crippen LogP contribution in [0.15, 0.2) is 37.6 Å². The van der Waals surface area contributed by atoms with E-state index in [1.165, 1.54) is 31.3 Å². The molecular weight excluding hydrogens is 336 g/mol. The molecule has 0 aliphatic carbocycles. The number of carboxylic acids is 2. The van der Waals surface area contributed by atoms with Crippen LogP contribution in [-0.2, 0) is 19.1 Å². The lowest BCUT2D eigenvalue weighted by atomic mass is 9.89. The normalized spacial score (nSPS) is 9.85. The van der Waals surface area contributed by atoms with Gasteiger partial charge in [0.25, 0.3) is 0 Å². The molecule has 0 unspecified atom stereocenters. The van der Waals surface area contributed by atoms with Crippen LogP contribution >= 0.6 is 0 Å². The third-order valence-corrected chi connectivity index (χ3v) is 2.65. The van der Waals surface area contributed by atoms with Gasteiger partial charge >= 0.3 is 17.9 Å². The van der Waals surface area contributed by atoms with Crippen LogP contribution in [0.3, 0.4) is 0 Å². The quantitative estimate of drug-likeness (QED) is 0.195. The van der Waals surface area contributed by atoms with Gasteiger partial charge in [-0.05, 0) is 25.2 Å². The fourth-order valence-electron chi connectivity index (χ4n) is 1.52. The van der Waals surface area contributed by atoms with Crippen molar-refractivity contribution >= 4 is 17.9 Å². The predicted octanol–water partition coefficient (Wildman–Crippen LogP) is 4.96. The van der Waals surface area contributed by atoms with Gasteiger partial charge in [-0.1, -0.05) is 52.3 Å². The molecule has 0 radical (unpaired) electrons. The van der Waals surface area contributed by atoms with Crippen molar-refractivity contribution in [1.29, 1.82) is 0 Å². The monoisotopic (exact) mass is 370 g/mol. The van der Waals surface area contributed by atoms with Gasteiger partial charge in [0.2, 0.25) is 0 Å². The molecule has 0 aliphatic rings. The van der Waals surface area contributed by atoms with E-state index in [0.29, 0.717) is 11.8 Å². The minimum absolute atomic E-state index is 0.0556. The summed E-state index contributed by atoms with van der Waals surface area (Å²) in [6.45, 7) is 14.9. The number of carbonyl (C=O) groups is 3. The van der Waals surface area contributed by atoms with Crippen LogP contribution < -0.4 is 0 Å². The Balaban J connectivity index is -0.000000364. The van der Waals surface area contributed by atoms with E-state index in [0.717, 1.165) is 18.9 Å². The molecule has 0 aromatic heterocycles. The third kappa shape index (κ3) is 37.7. The van der Waals surface area contributed by atoms with Crippen LogP contribution in [0.2, 0.25) is 0 Å². The summed E-state index contributed by atoms with van der Waals surface area (Å²) in [4.78, 5) is 30.0. The Labute approximate surface area is 157 Å². The number of aliphatic carboxylic acids is 2. The van der Waals surface area contributed by atoms with Gasteiger partial charge in [-0.15, -0.1) is 6.58 Å². The lowest BCUT2D eigenvalue weighted by Gasteiger charge is -2.17. The Hall–Kier alpha value is -2.37. The Morgan fingerprint density at radius 2 is 1.62 bits per heavy atom. The largest absolute Gasteiger partial charge is 0.481 e. The van der Waals surface area contributed by atoms with E-state index >= 15 is 0 Å². The fraction of sp³-hybridized carbons (Fsp3) is 0.550. The van der Waals surface area contributed by atoms with Crippen molar-refractivity contribution in [3.63, 3.8) is 0 Å². The Bertz CT molecular complexity index is 444. The van der Waals surface area contributed by atoms with Crippen LogP contribution in [0.5, 0.6) is 0 Å². The highest BCUT2D eigenvalue weighted by Gasteiger charge is 2.09. The zero-order valence-electron chi connectivity index (χ0n) is 16.5. The second-order valence-corrected chi connectivity index (χ2v) is 6.50. The topological polar surface area (TPSA) is 101 Å². The van der Waals surface area contributed by atoms with Crippen molar-refractivity contribution in [2.45, 2.75) is 66.2 Å². The second-order valence-electron chi connectivity index (χ2n) is 6.50. The van der Waals surface area contributed by atoms with Crippen molar-refractivity contribution in [3.8, 4) is 0 Å². The summed E-state index contributed by atoms with van der Waals surface area (Å²) in [7, 11) is 0. The van der Waals surface area contributed by atoms with E-state index in [2.05, 4.69) is 38.7 Å². The standard InChI is InChI=1S/C12H22O2.2C4H6O2/c1-5-14-11(13)9-7-6-8-10-12(2,3)4;2*1-2-3-4(5)6/h5H,1,6-10H2,2-4H3;2-3H,1H3,(H,5,6);2H,1,3H2,(H,5,6). The molecule has 0 saturated heterocycles. The summed E-state index contributed by atoms with van der Waals surface area (Å²) in [6, 6.07) is 0. The molecule has 0 aliphatic heterocycles. The van der Waals surface area contributed by atoms with Gasteiger partial charge in [0.05, 0.1) is 12.7 Å². The Kier molecular flexibility index (Phi) is 20.7. The van der Waals surface area contributed by atoms with Gasteiger partial charge in [-0.2, -0.15) is 0 Å². The second kappa shape index (κ2) is 19.0. The van der Waals surface area contributed by atoms with Crippen LogP contribution in [0.25, 0.3) is 0 Å². The molecule has 0 rings (SSSR count). The van der Waals surface area contributed by atoms with Crippen LogP contribution in [0.4, 0.5) is 0 Å². The number of unbranched alkanes of at least 4 members (excludes halogenated alkanes) is 2. The van der Waals surface area contributed by atoms with Gasteiger partial charge in [-0.3, -0.25) is 9.59 Å². The first-order valence-electron chi connectivity index (χ1n) is 8.48. The predicted molar refractivity (Wildman–Crippen MR) is 104 cm³/mol. The summed E-state index contributed by atoms with van der Waals surface area (Å²) in [5, 5.41) is 15.7. The third-order valence-electron chi connectivity index (χ3n) is 2.65. The molecule has 6 nitrogen and oxygen atoms in total. The first-order valence-corrected chi connectivity index (χ1v) is 8.48. The molecular formula is C20H34O6. The van der Waals surface area contributed by atoms with Crippen molar-refractivity contribution < 1.29 is 29.3 Å². The SMILES string of the molecule is C=CCC(=O)O.C=COC(=O)CCCCCC(C)(C)C.CC=CC(=O)O. The first-order chi connectivity index (χ1) is 12.0. The van der Waals surface area contributed by atoms with Crippen LogP contribution in [0, 0.1) is 5.41 Å². The number of ether oxygens (including phenoxy) is 1. The highest BCUT2D eigenvalue weighted by atomic mass is 16.5. The average molecular weight is 370 g/mol. The molecule has 150 valence electrons. The van der Waals surface area contributed by atoms with Gasteiger partial charge in [0, 0.05) is 12.5 Å². The van der Waals surface area contributed by atoms with E-state index in [4.69, 9.17) is 10.2 Å². The number of carbonyl (C=O) groups excluding carboxylic acids is 1. The minimum Gasteiger partial charge on any atom is -0.481 e. The van der Waals surface area contributed by atoms with E-state index in [1.54, 1.807) is 6.92 Å². The zero-order chi connectivity index (χ0) is 21.0. The van der Waals surface area contributed by atoms with E-state index in [1.807, 2.05) is 0 Å². The van der Waals surface area contributed by atoms with Gasteiger partial charge < -0.3 is 14.9 Å². The summed E-state index contributed by atoms with van der Waals surface area (Å²) in [5.41, 5.74) is 0.404. The Morgan fingerprint density at radius 1 is 1.04 bits per heavy atom. The van der Waals surface area contributed by atoms with Crippen LogP contribution in [0.1, 0.15) is 66.2 Å². The van der Waals surface area contributed by atoms with Crippen molar-refractivity contribution in [1.82, 2.24) is 0 Å². The molecule has 0 saturated carbocycles. The summed E-state index contributed by atoms with van der Waals surface area (Å²) >= 11 is 0. The van der Waals surface area contributed by atoms with Gasteiger partial charge in [-0.25, -0.2) is 4.79 Å². The van der Waals surface area contributed by atoms with Gasteiger partial charge in [0.15, 0.2) is 0 Å². The Morgan fingerprint density at radius 3 is 1.88 bits per heavy atom. The average Bonchev–Trinajstić information content (AvgIpc) is 2.47. The molecule has 26 heavy (non-hydrogen) atoms. The van der Waals surface area contributed by atoms with Crippen molar-refractivity contribution in [3.05, 3.63) is 37.6 Å². The number of esters is 1. The number of hydrogen-bond donors (Lipinski definition) is 2. The molecule has 0 heterocycles. The first kappa shape index (κ1) is 28.4. The summed E-state index contributed by atoms with van der Waals surface area (Å²) in [6.07, 6.45) is 10.1. The molecule has 0 bridgehead atoms. The molecule has 0 atom stereocenters. The number of carboxylic acid groups (broad SMARTS) is 2. The number of allylic oxidation sites excluding steroid dienone is 1. The molecule has 0 aromatic carbocycles. The van der Waals surface area contributed by atoms with Crippen molar-refractivity contribution in [2.24, 2.45) is 5.41 Å². The van der Waals surface area contributed by atoms with Crippen LogP contribution in [-0.4, -0.2) is 28.1 Å². The maximum atomic E-state index is 10.9. The zero-order valence-corrected chi connectivity index (χ0v) is 16.5. The van der Waals surface area contributed by atoms with Crippen molar-refractivity contribution in [2.75, 3.05) is 0 Å². The molecule has 0 amide bonds. The minimum atomic E-state index is -0.891. The lowest BCUT2D eigenvalue weighted by Crippen LogP contribution is -2.04. The van der Waals surface area contributed by atoms with E-state index in [9.17, 15) is 14.4 Å². The molecule has 0 aromatic rings. The maximum Gasteiger partial charge on any atom is 0.327 e. The summed E-state index contributed by atoms with van der Waals surface area (Å²) < 4.78 is 4.61.